The molecule has 0 bridgehead atoms. The minimum atomic E-state index is 0.581. The number of anilines is 1. The standard InChI is InChI=1S/C19H22ClN5O/c1-26-17-5-4-15-19(24-17)18(14-3-2-13(20)12-16(14)23-15)22-8-11-25-9-6-21-7-10-25/h2-5,12,21H,6-11H2,1H3,(H,22,23). The van der Waals surface area contributed by atoms with Gasteiger partial charge < -0.3 is 15.4 Å². The van der Waals surface area contributed by atoms with Gasteiger partial charge in [-0.25, -0.2) is 9.97 Å². The van der Waals surface area contributed by atoms with E-state index in [1.165, 1.54) is 0 Å². The van der Waals surface area contributed by atoms with Crippen molar-refractivity contribution < 1.29 is 4.74 Å². The van der Waals surface area contributed by atoms with Gasteiger partial charge in [0.25, 0.3) is 0 Å². The van der Waals surface area contributed by atoms with Crippen molar-refractivity contribution in [3.63, 3.8) is 0 Å². The number of rotatable bonds is 5. The van der Waals surface area contributed by atoms with Crippen molar-refractivity contribution in [1.29, 1.82) is 0 Å². The van der Waals surface area contributed by atoms with Crippen molar-refractivity contribution >= 4 is 39.2 Å². The summed E-state index contributed by atoms with van der Waals surface area (Å²) in [6.07, 6.45) is 0. The Morgan fingerprint density at radius 1 is 1.15 bits per heavy atom. The van der Waals surface area contributed by atoms with Gasteiger partial charge in [-0.2, -0.15) is 0 Å². The molecule has 0 spiro atoms. The Labute approximate surface area is 157 Å². The van der Waals surface area contributed by atoms with Gasteiger partial charge in [0.1, 0.15) is 5.52 Å². The monoisotopic (exact) mass is 371 g/mol. The Morgan fingerprint density at radius 2 is 2.00 bits per heavy atom. The molecule has 26 heavy (non-hydrogen) atoms. The number of halogens is 1. The predicted molar refractivity (Wildman–Crippen MR) is 106 cm³/mol. The summed E-state index contributed by atoms with van der Waals surface area (Å²) in [5.41, 5.74) is 3.49. The van der Waals surface area contributed by atoms with Crippen molar-refractivity contribution in [2.45, 2.75) is 0 Å². The van der Waals surface area contributed by atoms with Gasteiger partial charge in [-0.3, -0.25) is 4.90 Å². The SMILES string of the molecule is COc1ccc2nc3cc(Cl)ccc3c(NCCN3CCNCC3)c2n1. The van der Waals surface area contributed by atoms with Gasteiger partial charge in [0, 0.05) is 55.7 Å². The third-order valence-electron chi connectivity index (χ3n) is 4.70. The van der Waals surface area contributed by atoms with E-state index in [1.807, 2.05) is 30.3 Å². The Morgan fingerprint density at radius 3 is 2.81 bits per heavy atom. The summed E-state index contributed by atoms with van der Waals surface area (Å²) in [6.45, 7) is 6.11. The number of nitrogens with zero attached hydrogens (tertiary/aromatic N) is 3. The fourth-order valence-electron chi connectivity index (χ4n) is 3.34. The fraction of sp³-hybridized carbons (Fsp3) is 0.368. The topological polar surface area (TPSA) is 62.3 Å². The van der Waals surface area contributed by atoms with Gasteiger partial charge in [-0.1, -0.05) is 11.6 Å². The Hall–Kier alpha value is -2.15. The molecule has 1 aliphatic rings. The van der Waals surface area contributed by atoms with Crippen LogP contribution in [0.3, 0.4) is 0 Å². The van der Waals surface area contributed by atoms with Crippen molar-refractivity contribution in [3.05, 3.63) is 35.4 Å². The van der Waals surface area contributed by atoms with E-state index >= 15 is 0 Å². The molecule has 0 radical (unpaired) electrons. The van der Waals surface area contributed by atoms with Crippen LogP contribution >= 0.6 is 11.6 Å². The summed E-state index contributed by atoms with van der Waals surface area (Å²) in [5, 5.41) is 8.66. The number of ether oxygens (including phenoxy) is 1. The normalized spacial score (nSPS) is 15.5. The van der Waals surface area contributed by atoms with E-state index in [1.54, 1.807) is 7.11 Å². The van der Waals surface area contributed by atoms with E-state index in [9.17, 15) is 0 Å². The molecule has 4 rings (SSSR count). The second kappa shape index (κ2) is 7.61. The molecule has 2 N–H and O–H groups in total. The van der Waals surface area contributed by atoms with Gasteiger partial charge in [0.05, 0.1) is 23.8 Å². The van der Waals surface area contributed by atoms with Crippen LogP contribution in [0.1, 0.15) is 0 Å². The van der Waals surface area contributed by atoms with Crippen molar-refractivity contribution in [2.24, 2.45) is 0 Å². The molecule has 0 atom stereocenters. The van der Waals surface area contributed by atoms with Gasteiger partial charge in [0.15, 0.2) is 0 Å². The number of hydrogen-bond acceptors (Lipinski definition) is 6. The first-order valence-electron chi connectivity index (χ1n) is 8.85. The molecule has 0 saturated carbocycles. The van der Waals surface area contributed by atoms with Crippen LogP contribution in [0.4, 0.5) is 5.69 Å². The van der Waals surface area contributed by atoms with Gasteiger partial charge in [0.2, 0.25) is 5.88 Å². The first kappa shape index (κ1) is 17.3. The molecule has 3 heterocycles. The van der Waals surface area contributed by atoms with Crippen molar-refractivity contribution in [2.75, 3.05) is 51.7 Å². The number of aromatic nitrogens is 2. The molecule has 7 heteroatoms. The average Bonchev–Trinajstić information content (AvgIpc) is 2.67. The lowest BCUT2D eigenvalue weighted by atomic mass is 10.1. The molecule has 1 aliphatic heterocycles. The van der Waals surface area contributed by atoms with E-state index < -0.39 is 0 Å². The maximum absolute atomic E-state index is 6.17. The van der Waals surface area contributed by atoms with Crippen LogP contribution in [-0.2, 0) is 0 Å². The Bertz CT molecular complexity index is 927. The zero-order valence-electron chi connectivity index (χ0n) is 14.8. The van der Waals surface area contributed by atoms with E-state index in [0.717, 1.165) is 66.9 Å². The highest BCUT2D eigenvalue weighted by Gasteiger charge is 2.13. The van der Waals surface area contributed by atoms with Crippen LogP contribution in [0.2, 0.25) is 5.02 Å². The minimum Gasteiger partial charge on any atom is -0.481 e. The lowest BCUT2D eigenvalue weighted by Crippen LogP contribution is -2.45. The Kier molecular flexibility index (Phi) is 5.06. The molecule has 1 aromatic carbocycles. The summed E-state index contributed by atoms with van der Waals surface area (Å²) >= 11 is 6.17. The zero-order chi connectivity index (χ0) is 17.9. The molecule has 0 unspecified atom stereocenters. The quantitative estimate of drug-likeness (QED) is 0.672. The van der Waals surface area contributed by atoms with Crippen LogP contribution in [-0.4, -0.2) is 61.2 Å². The summed E-state index contributed by atoms with van der Waals surface area (Å²) in [4.78, 5) is 11.8. The lowest BCUT2D eigenvalue weighted by Gasteiger charge is -2.27. The zero-order valence-corrected chi connectivity index (χ0v) is 15.5. The molecule has 0 amide bonds. The first-order chi connectivity index (χ1) is 12.7. The van der Waals surface area contributed by atoms with E-state index in [2.05, 4.69) is 20.5 Å². The number of pyridine rings is 2. The van der Waals surface area contributed by atoms with Crippen LogP contribution in [0, 0.1) is 0 Å². The highest BCUT2D eigenvalue weighted by molar-refractivity contribution is 6.31. The molecule has 0 aliphatic carbocycles. The number of benzene rings is 1. The van der Waals surface area contributed by atoms with Crippen molar-refractivity contribution in [3.8, 4) is 5.88 Å². The third kappa shape index (κ3) is 3.53. The molecular weight excluding hydrogens is 350 g/mol. The number of methoxy groups -OCH3 is 1. The second-order valence-electron chi connectivity index (χ2n) is 6.39. The summed E-state index contributed by atoms with van der Waals surface area (Å²) in [7, 11) is 1.62. The maximum atomic E-state index is 6.17. The van der Waals surface area contributed by atoms with Crippen LogP contribution in [0.5, 0.6) is 5.88 Å². The van der Waals surface area contributed by atoms with Crippen LogP contribution in [0.15, 0.2) is 30.3 Å². The average molecular weight is 372 g/mol. The first-order valence-corrected chi connectivity index (χ1v) is 9.23. The van der Waals surface area contributed by atoms with Gasteiger partial charge in [-0.05, 0) is 24.3 Å². The van der Waals surface area contributed by atoms with E-state index in [4.69, 9.17) is 21.3 Å². The summed E-state index contributed by atoms with van der Waals surface area (Å²) in [5.74, 6) is 0.581. The number of nitrogens with one attached hydrogen (secondary N) is 2. The molecule has 2 aromatic heterocycles. The largest absolute Gasteiger partial charge is 0.481 e. The highest BCUT2D eigenvalue weighted by atomic mass is 35.5. The molecule has 6 nitrogen and oxygen atoms in total. The van der Waals surface area contributed by atoms with Crippen LogP contribution < -0.4 is 15.4 Å². The predicted octanol–water partition coefficient (Wildman–Crippen LogP) is 2.76. The minimum absolute atomic E-state index is 0.581. The van der Waals surface area contributed by atoms with Gasteiger partial charge in [-0.15, -0.1) is 0 Å². The molecule has 136 valence electrons. The molecular formula is C19H22ClN5O. The molecule has 1 fully saturated rings. The summed E-state index contributed by atoms with van der Waals surface area (Å²) < 4.78 is 5.31. The van der Waals surface area contributed by atoms with Crippen molar-refractivity contribution in [1.82, 2.24) is 20.2 Å². The third-order valence-corrected chi connectivity index (χ3v) is 4.94. The summed E-state index contributed by atoms with van der Waals surface area (Å²) in [6, 6.07) is 9.54. The number of fused-ring (bicyclic) bond motifs is 2. The highest BCUT2D eigenvalue weighted by Crippen LogP contribution is 2.32. The van der Waals surface area contributed by atoms with E-state index in [0.29, 0.717) is 10.9 Å². The fourth-order valence-corrected chi connectivity index (χ4v) is 3.51. The Balaban J connectivity index is 1.70. The number of piperazine rings is 1. The second-order valence-corrected chi connectivity index (χ2v) is 6.82. The lowest BCUT2D eigenvalue weighted by molar-refractivity contribution is 0.249. The van der Waals surface area contributed by atoms with Gasteiger partial charge >= 0.3 is 0 Å². The van der Waals surface area contributed by atoms with Crippen LogP contribution in [0.25, 0.3) is 21.9 Å². The number of hydrogen-bond donors (Lipinski definition) is 2. The maximum Gasteiger partial charge on any atom is 0.213 e. The van der Waals surface area contributed by atoms with E-state index in [-0.39, 0.29) is 0 Å². The smallest absolute Gasteiger partial charge is 0.213 e. The molecule has 1 saturated heterocycles. The molecule has 3 aromatic rings.